The standard InChI is InChI=1S/C10H19N3O/c11-4-1-9-14-10-2-6-13(7-3-10)8-5-12/h10H,1-4,6-9,11H2. The maximum Gasteiger partial charge on any atom is 0.0866 e. The third-order valence-corrected chi connectivity index (χ3v) is 2.53. The molecule has 0 radical (unpaired) electrons. The number of hydrogen-bond acceptors (Lipinski definition) is 4. The summed E-state index contributed by atoms with van der Waals surface area (Å²) in [4.78, 5) is 2.17. The molecule has 1 aliphatic heterocycles. The predicted molar refractivity (Wildman–Crippen MR) is 54.7 cm³/mol. The second-order valence-electron chi connectivity index (χ2n) is 3.65. The smallest absolute Gasteiger partial charge is 0.0866 e. The fourth-order valence-electron chi connectivity index (χ4n) is 1.67. The zero-order chi connectivity index (χ0) is 10.2. The lowest BCUT2D eigenvalue weighted by atomic mass is 10.1. The van der Waals surface area contributed by atoms with E-state index in [1.807, 2.05) is 0 Å². The van der Waals surface area contributed by atoms with E-state index in [0.29, 0.717) is 19.2 Å². The van der Waals surface area contributed by atoms with E-state index in [2.05, 4.69) is 11.0 Å². The van der Waals surface area contributed by atoms with Crippen LogP contribution in [-0.2, 0) is 4.74 Å². The van der Waals surface area contributed by atoms with Crippen molar-refractivity contribution in [1.82, 2.24) is 4.90 Å². The Morgan fingerprint density at radius 2 is 2.14 bits per heavy atom. The number of nitrogens with two attached hydrogens (primary N) is 1. The molecular formula is C10H19N3O. The van der Waals surface area contributed by atoms with E-state index < -0.39 is 0 Å². The number of nitriles is 1. The van der Waals surface area contributed by atoms with Crippen molar-refractivity contribution >= 4 is 0 Å². The van der Waals surface area contributed by atoms with Crippen molar-refractivity contribution in [3.05, 3.63) is 0 Å². The van der Waals surface area contributed by atoms with Gasteiger partial charge in [-0.05, 0) is 25.8 Å². The van der Waals surface area contributed by atoms with Crippen molar-refractivity contribution in [2.75, 3.05) is 32.8 Å². The summed E-state index contributed by atoms with van der Waals surface area (Å²) in [7, 11) is 0. The lowest BCUT2D eigenvalue weighted by molar-refractivity contribution is 0.00980. The van der Waals surface area contributed by atoms with Crippen LogP contribution in [0.2, 0.25) is 0 Å². The maximum atomic E-state index is 8.52. The first-order valence-corrected chi connectivity index (χ1v) is 5.27. The van der Waals surface area contributed by atoms with Crippen LogP contribution in [0.15, 0.2) is 0 Å². The average molecular weight is 197 g/mol. The van der Waals surface area contributed by atoms with Gasteiger partial charge in [0.2, 0.25) is 0 Å². The molecule has 4 heteroatoms. The highest BCUT2D eigenvalue weighted by atomic mass is 16.5. The SMILES string of the molecule is N#CCN1CCC(OCCCN)CC1. The summed E-state index contributed by atoms with van der Waals surface area (Å²) in [5.74, 6) is 0. The van der Waals surface area contributed by atoms with Crippen LogP contribution in [0.4, 0.5) is 0 Å². The molecule has 1 saturated heterocycles. The molecular weight excluding hydrogens is 178 g/mol. The first kappa shape index (κ1) is 11.4. The number of hydrogen-bond donors (Lipinski definition) is 1. The molecule has 0 aliphatic carbocycles. The van der Waals surface area contributed by atoms with Gasteiger partial charge in [0.05, 0.1) is 18.7 Å². The molecule has 0 aromatic rings. The zero-order valence-electron chi connectivity index (χ0n) is 8.61. The van der Waals surface area contributed by atoms with Crippen LogP contribution in [0.25, 0.3) is 0 Å². The molecule has 0 aromatic carbocycles. The minimum Gasteiger partial charge on any atom is -0.378 e. The zero-order valence-corrected chi connectivity index (χ0v) is 8.61. The van der Waals surface area contributed by atoms with Gasteiger partial charge in [0.1, 0.15) is 0 Å². The molecule has 0 atom stereocenters. The van der Waals surface area contributed by atoms with E-state index in [1.54, 1.807) is 0 Å². The Morgan fingerprint density at radius 1 is 1.43 bits per heavy atom. The molecule has 0 amide bonds. The van der Waals surface area contributed by atoms with Crippen molar-refractivity contribution in [2.45, 2.75) is 25.4 Å². The minimum absolute atomic E-state index is 0.386. The Morgan fingerprint density at radius 3 is 2.71 bits per heavy atom. The first-order valence-electron chi connectivity index (χ1n) is 5.27. The highest BCUT2D eigenvalue weighted by molar-refractivity contribution is 4.80. The molecule has 80 valence electrons. The molecule has 1 aliphatic rings. The van der Waals surface area contributed by atoms with Crippen LogP contribution < -0.4 is 5.73 Å². The molecule has 0 saturated carbocycles. The number of nitrogens with zero attached hydrogens (tertiary/aromatic N) is 2. The summed E-state index contributed by atoms with van der Waals surface area (Å²) >= 11 is 0. The van der Waals surface area contributed by atoms with Crippen LogP contribution >= 0.6 is 0 Å². The average Bonchev–Trinajstić information content (AvgIpc) is 2.21. The Labute approximate surface area is 85.6 Å². The second-order valence-corrected chi connectivity index (χ2v) is 3.65. The predicted octanol–water partition coefficient (Wildman–Crippen LogP) is 0.340. The van der Waals surface area contributed by atoms with Gasteiger partial charge in [-0.1, -0.05) is 0 Å². The van der Waals surface area contributed by atoms with E-state index in [-0.39, 0.29) is 0 Å². The summed E-state index contributed by atoms with van der Waals surface area (Å²) in [6.45, 7) is 4.00. The van der Waals surface area contributed by atoms with Gasteiger partial charge in [-0.2, -0.15) is 5.26 Å². The quantitative estimate of drug-likeness (QED) is 0.510. The van der Waals surface area contributed by atoms with Gasteiger partial charge in [0, 0.05) is 19.7 Å². The molecule has 0 bridgehead atoms. The van der Waals surface area contributed by atoms with Crippen LogP contribution in [0.1, 0.15) is 19.3 Å². The second kappa shape index (κ2) is 6.77. The molecule has 1 fully saturated rings. The lowest BCUT2D eigenvalue weighted by Gasteiger charge is -2.30. The monoisotopic (exact) mass is 197 g/mol. The van der Waals surface area contributed by atoms with Gasteiger partial charge in [-0.15, -0.1) is 0 Å². The molecule has 14 heavy (non-hydrogen) atoms. The van der Waals surface area contributed by atoms with Gasteiger partial charge in [-0.3, -0.25) is 4.90 Å². The Bertz CT molecular complexity index is 182. The third-order valence-electron chi connectivity index (χ3n) is 2.53. The maximum absolute atomic E-state index is 8.52. The van der Waals surface area contributed by atoms with E-state index in [0.717, 1.165) is 39.0 Å². The molecule has 4 nitrogen and oxygen atoms in total. The molecule has 0 aromatic heterocycles. The number of rotatable bonds is 5. The fourth-order valence-corrected chi connectivity index (χ4v) is 1.67. The highest BCUT2D eigenvalue weighted by Crippen LogP contribution is 2.13. The fraction of sp³-hybridized carbons (Fsp3) is 0.900. The summed E-state index contributed by atoms with van der Waals surface area (Å²) in [6.07, 6.45) is 3.42. The Balaban J connectivity index is 2.07. The van der Waals surface area contributed by atoms with E-state index in [4.69, 9.17) is 15.7 Å². The van der Waals surface area contributed by atoms with E-state index >= 15 is 0 Å². The summed E-state index contributed by atoms with van der Waals surface area (Å²) in [5.41, 5.74) is 5.38. The molecule has 0 unspecified atom stereocenters. The highest BCUT2D eigenvalue weighted by Gasteiger charge is 2.18. The van der Waals surface area contributed by atoms with Crippen molar-refractivity contribution in [2.24, 2.45) is 5.73 Å². The van der Waals surface area contributed by atoms with Crippen LogP contribution in [0, 0.1) is 11.3 Å². The van der Waals surface area contributed by atoms with Crippen LogP contribution in [0.5, 0.6) is 0 Å². The molecule has 1 heterocycles. The van der Waals surface area contributed by atoms with Gasteiger partial charge in [-0.25, -0.2) is 0 Å². The molecule has 1 rings (SSSR count). The van der Waals surface area contributed by atoms with Crippen LogP contribution in [-0.4, -0.2) is 43.8 Å². The Hall–Kier alpha value is -0.630. The summed E-state index contributed by atoms with van der Waals surface area (Å²) in [6, 6.07) is 2.17. The summed E-state index contributed by atoms with van der Waals surface area (Å²) < 4.78 is 5.66. The van der Waals surface area contributed by atoms with Crippen LogP contribution in [0.3, 0.4) is 0 Å². The number of ether oxygens (including phenoxy) is 1. The van der Waals surface area contributed by atoms with Crippen molar-refractivity contribution in [1.29, 1.82) is 5.26 Å². The van der Waals surface area contributed by atoms with Gasteiger partial charge < -0.3 is 10.5 Å². The Kier molecular flexibility index (Phi) is 5.53. The lowest BCUT2D eigenvalue weighted by Crippen LogP contribution is -2.37. The number of piperidine rings is 1. The minimum atomic E-state index is 0.386. The summed E-state index contributed by atoms with van der Waals surface area (Å²) in [5, 5.41) is 8.52. The van der Waals surface area contributed by atoms with Gasteiger partial charge in [0.25, 0.3) is 0 Å². The molecule has 0 spiro atoms. The van der Waals surface area contributed by atoms with Crippen molar-refractivity contribution in [3.8, 4) is 6.07 Å². The van der Waals surface area contributed by atoms with Gasteiger partial charge >= 0.3 is 0 Å². The van der Waals surface area contributed by atoms with Crippen molar-refractivity contribution < 1.29 is 4.74 Å². The molecule has 2 N–H and O–H groups in total. The van der Waals surface area contributed by atoms with Gasteiger partial charge in [0.15, 0.2) is 0 Å². The topological polar surface area (TPSA) is 62.3 Å². The third kappa shape index (κ3) is 4.05. The number of likely N-dealkylation sites (tertiary alicyclic amines) is 1. The normalized spacial score (nSPS) is 19.4. The largest absolute Gasteiger partial charge is 0.378 e. The van der Waals surface area contributed by atoms with E-state index in [1.165, 1.54) is 0 Å². The first-order chi connectivity index (χ1) is 6.86. The van der Waals surface area contributed by atoms with Crippen molar-refractivity contribution in [3.63, 3.8) is 0 Å². The van der Waals surface area contributed by atoms with E-state index in [9.17, 15) is 0 Å².